The number of nitrogens with zero attached hydrogens (tertiary/aromatic N) is 6. The predicted molar refractivity (Wildman–Crippen MR) is 79.5 cm³/mol. The highest BCUT2D eigenvalue weighted by Crippen LogP contribution is 2.28. The summed E-state index contributed by atoms with van der Waals surface area (Å²) in [7, 11) is 0. The van der Waals surface area contributed by atoms with E-state index >= 15 is 0 Å². The van der Waals surface area contributed by atoms with E-state index in [0.29, 0.717) is 12.1 Å². The molecule has 110 valence electrons. The van der Waals surface area contributed by atoms with E-state index in [2.05, 4.69) is 29.9 Å². The molecule has 0 aliphatic rings. The zero-order valence-electron chi connectivity index (χ0n) is 11.8. The third-order valence-corrected chi connectivity index (χ3v) is 3.37. The van der Waals surface area contributed by atoms with Gasteiger partial charge in [0.2, 0.25) is 0 Å². The van der Waals surface area contributed by atoms with Crippen molar-refractivity contribution in [1.82, 2.24) is 29.9 Å². The lowest BCUT2D eigenvalue weighted by Gasteiger charge is -2.22. The molecule has 7 heteroatoms. The number of rotatable bonds is 5. The largest absolute Gasteiger partial charge is 0.322 e. The monoisotopic (exact) mass is 293 g/mol. The number of hydrogen-bond acceptors (Lipinski definition) is 7. The van der Waals surface area contributed by atoms with Crippen LogP contribution in [0.4, 0.5) is 0 Å². The van der Waals surface area contributed by atoms with Crippen LogP contribution in [0.3, 0.4) is 0 Å². The second kappa shape index (κ2) is 6.77. The maximum absolute atomic E-state index is 6.40. The standard InChI is InChI=1S/C15H15N7/c16-15(14-10-19-3-6-22-14)12(13-9-18-2-5-21-13)7-11-8-17-1-4-20-11/h1-6,8-10,12,15H,7,16H2. The van der Waals surface area contributed by atoms with Crippen molar-refractivity contribution < 1.29 is 0 Å². The van der Waals surface area contributed by atoms with Gasteiger partial charge in [-0.1, -0.05) is 0 Å². The number of hydrogen-bond donors (Lipinski definition) is 1. The van der Waals surface area contributed by atoms with Crippen LogP contribution in [0.15, 0.2) is 55.8 Å². The number of nitrogens with two attached hydrogens (primary N) is 1. The Bertz CT molecular complexity index is 691. The van der Waals surface area contributed by atoms with Gasteiger partial charge in [0.1, 0.15) is 0 Å². The average Bonchev–Trinajstić information content (AvgIpc) is 2.61. The molecule has 0 aliphatic carbocycles. The molecule has 22 heavy (non-hydrogen) atoms. The quantitative estimate of drug-likeness (QED) is 0.750. The lowest BCUT2D eigenvalue weighted by molar-refractivity contribution is 0.518. The Balaban J connectivity index is 1.93. The van der Waals surface area contributed by atoms with Crippen LogP contribution in [0.2, 0.25) is 0 Å². The Morgan fingerprint density at radius 2 is 1.32 bits per heavy atom. The smallest absolute Gasteiger partial charge is 0.0760 e. The fourth-order valence-electron chi connectivity index (χ4n) is 2.27. The van der Waals surface area contributed by atoms with E-state index < -0.39 is 0 Å². The molecule has 0 saturated heterocycles. The molecule has 3 aromatic heterocycles. The molecule has 2 atom stereocenters. The maximum Gasteiger partial charge on any atom is 0.0760 e. The van der Waals surface area contributed by atoms with Crippen LogP contribution in [0.25, 0.3) is 0 Å². The minimum atomic E-state index is -0.354. The minimum absolute atomic E-state index is 0.109. The van der Waals surface area contributed by atoms with Gasteiger partial charge in [-0.15, -0.1) is 0 Å². The normalized spacial score (nSPS) is 13.5. The van der Waals surface area contributed by atoms with Crippen molar-refractivity contribution in [1.29, 1.82) is 0 Å². The zero-order valence-corrected chi connectivity index (χ0v) is 11.8. The first-order chi connectivity index (χ1) is 10.8. The number of aromatic nitrogens is 6. The van der Waals surface area contributed by atoms with E-state index in [1.54, 1.807) is 55.8 Å². The summed E-state index contributed by atoms with van der Waals surface area (Å²) < 4.78 is 0. The van der Waals surface area contributed by atoms with Gasteiger partial charge in [0, 0.05) is 68.1 Å². The first-order valence-electron chi connectivity index (χ1n) is 6.87. The zero-order chi connectivity index (χ0) is 15.2. The topological polar surface area (TPSA) is 103 Å². The molecule has 3 aromatic rings. The Morgan fingerprint density at radius 3 is 1.86 bits per heavy atom. The van der Waals surface area contributed by atoms with E-state index in [1.807, 2.05) is 0 Å². The van der Waals surface area contributed by atoms with Gasteiger partial charge < -0.3 is 5.73 Å². The molecule has 3 heterocycles. The molecule has 0 bridgehead atoms. The van der Waals surface area contributed by atoms with Crippen LogP contribution in [0.1, 0.15) is 29.0 Å². The summed E-state index contributed by atoms with van der Waals surface area (Å²) in [6.07, 6.45) is 15.6. The highest BCUT2D eigenvalue weighted by atomic mass is 14.9. The molecular weight excluding hydrogens is 278 g/mol. The van der Waals surface area contributed by atoms with Crippen molar-refractivity contribution in [2.45, 2.75) is 18.4 Å². The van der Waals surface area contributed by atoms with E-state index in [1.165, 1.54) is 0 Å². The van der Waals surface area contributed by atoms with Gasteiger partial charge in [-0.05, 0) is 0 Å². The summed E-state index contributed by atoms with van der Waals surface area (Å²) in [6.45, 7) is 0. The van der Waals surface area contributed by atoms with E-state index in [4.69, 9.17) is 5.73 Å². The van der Waals surface area contributed by atoms with E-state index in [9.17, 15) is 0 Å². The highest BCUT2D eigenvalue weighted by Gasteiger charge is 2.25. The van der Waals surface area contributed by atoms with Gasteiger partial charge in [-0.25, -0.2) is 0 Å². The maximum atomic E-state index is 6.40. The molecule has 7 nitrogen and oxygen atoms in total. The highest BCUT2D eigenvalue weighted by molar-refractivity contribution is 5.17. The van der Waals surface area contributed by atoms with Crippen LogP contribution < -0.4 is 5.73 Å². The molecule has 0 saturated carbocycles. The predicted octanol–water partition coefficient (Wildman–Crippen LogP) is 1.08. The first kappa shape index (κ1) is 14.2. The van der Waals surface area contributed by atoms with Crippen molar-refractivity contribution in [3.8, 4) is 0 Å². The SMILES string of the molecule is NC(c1cnccn1)C(Cc1cnccn1)c1cnccn1. The Morgan fingerprint density at radius 1 is 0.727 bits per heavy atom. The molecule has 2 N–H and O–H groups in total. The second-order valence-electron chi connectivity index (χ2n) is 4.79. The van der Waals surface area contributed by atoms with Crippen molar-refractivity contribution in [3.05, 3.63) is 72.9 Å². The molecule has 0 radical (unpaired) electrons. The summed E-state index contributed by atoms with van der Waals surface area (Å²) >= 11 is 0. The lowest BCUT2D eigenvalue weighted by Crippen LogP contribution is -2.24. The Hall–Kier alpha value is -2.80. The molecule has 2 unspecified atom stereocenters. The third kappa shape index (κ3) is 3.26. The van der Waals surface area contributed by atoms with E-state index in [-0.39, 0.29) is 12.0 Å². The summed E-state index contributed by atoms with van der Waals surface area (Å²) in [5.74, 6) is -0.109. The average molecular weight is 293 g/mol. The van der Waals surface area contributed by atoms with Crippen LogP contribution in [-0.4, -0.2) is 29.9 Å². The molecule has 0 amide bonds. The van der Waals surface area contributed by atoms with Crippen LogP contribution >= 0.6 is 0 Å². The lowest BCUT2D eigenvalue weighted by atomic mass is 9.90. The Kier molecular flexibility index (Phi) is 4.35. The van der Waals surface area contributed by atoms with Crippen LogP contribution in [0, 0.1) is 0 Å². The summed E-state index contributed by atoms with van der Waals surface area (Å²) in [5, 5.41) is 0. The van der Waals surface area contributed by atoms with Crippen molar-refractivity contribution in [2.75, 3.05) is 0 Å². The van der Waals surface area contributed by atoms with Crippen molar-refractivity contribution >= 4 is 0 Å². The summed E-state index contributed by atoms with van der Waals surface area (Å²) in [6, 6.07) is -0.354. The fourth-order valence-corrected chi connectivity index (χ4v) is 2.27. The van der Waals surface area contributed by atoms with Crippen LogP contribution in [0.5, 0.6) is 0 Å². The van der Waals surface area contributed by atoms with Crippen molar-refractivity contribution in [2.24, 2.45) is 5.73 Å². The second-order valence-corrected chi connectivity index (χ2v) is 4.79. The van der Waals surface area contributed by atoms with Gasteiger partial charge in [0.25, 0.3) is 0 Å². The van der Waals surface area contributed by atoms with Gasteiger partial charge in [-0.2, -0.15) is 0 Å². The molecule has 0 fully saturated rings. The van der Waals surface area contributed by atoms with Gasteiger partial charge >= 0.3 is 0 Å². The van der Waals surface area contributed by atoms with Crippen LogP contribution in [-0.2, 0) is 6.42 Å². The molecule has 3 rings (SSSR count). The van der Waals surface area contributed by atoms with Gasteiger partial charge in [0.05, 0.1) is 23.1 Å². The van der Waals surface area contributed by atoms with E-state index in [0.717, 1.165) is 11.4 Å². The fraction of sp³-hybridized carbons (Fsp3) is 0.200. The summed E-state index contributed by atoms with van der Waals surface area (Å²) in [4.78, 5) is 25.3. The minimum Gasteiger partial charge on any atom is -0.322 e. The van der Waals surface area contributed by atoms with Crippen molar-refractivity contribution in [3.63, 3.8) is 0 Å². The molecular formula is C15H15N7. The first-order valence-corrected chi connectivity index (χ1v) is 6.87. The third-order valence-electron chi connectivity index (χ3n) is 3.37. The molecule has 0 spiro atoms. The van der Waals surface area contributed by atoms with Gasteiger partial charge in [0.15, 0.2) is 0 Å². The summed E-state index contributed by atoms with van der Waals surface area (Å²) in [5.41, 5.74) is 8.75. The van der Waals surface area contributed by atoms with Gasteiger partial charge in [-0.3, -0.25) is 29.9 Å². The molecule has 0 aromatic carbocycles. The Labute approximate surface area is 127 Å². The molecule has 0 aliphatic heterocycles.